The lowest BCUT2D eigenvalue weighted by molar-refractivity contribution is -0.132. The maximum atomic E-state index is 14.1. The largest absolute Gasteiger partial charge is 0.374 e. The van der Waals surface area contributed by atoms with Crippen LogP contribution in [0.1, 0.15) is 43.9 Å². The zero-order valence-corrected chi connectivity index (χ0v) is 22.7. The molecule has 0 saturated carbocycles. The number of rotatable bonds is 11. The maximum absolute atomic E-state index is 14.1. The highest BCUT2D eigenvalue weighted by molar-refractivity contribution is 5.98. The zero-order chi connectivity index (χ0) is 28.7. The predicted molar refractivity (Wildman–Crippen MR) is 148 cm³/mol. The number of benzene rings is 2. The Labute approximate surface area is 232 Å². The van der Waals surface area contributed by atoms with E-state index in [2.05, 4.69) is 15.6 Å². The van der Waals surface area contributed by atoms with Gasteiger partial charge in [0.2, 0.25) is 11.8 Å². The first-order valence-corrected chi connectivity index (χ1v) is 13.2. The van der Waals surface area contributed by atoms with Crippen molar-refractivity contribution in [1.29, 1.82) is 0 Å². The fourth-order valence-corrected chi connectivity index (χ4v) is 4.38. The Morgan fingerprint density at radius 2 is 1.82 bits per heavy atom. The van der Waals surface area contributed by atoms with Gasteiger partial charge in [0.15, 0.2) is 5.82 Å². The summed E-state index contributed by atoms with van der Waals surface area (Å²) in [5, 5.41) is 5.33. The van der Waals surface area contributed by atoms with Gasteiger partial charge in [-0.1, -0.05) is 42.5 Å². The van der Waals surface area contributed by atoms with E-state index >= 15 is 0 Å². The van der Waals surface area contributed by atoms with E-state index in [0.717, 1.165) is 18.4 Å². The smallest absolute Gasteiger partial charge is 0.250 e. The van der Waals surface area contributed by atoms with Crippen LogP contribution in [0.15, 0.2) is 67.1 Å². The maximum Gasteiger partial charge on any atom is 0.250 e. The van der Waals surface area contributed by atoms with E-state index in [4.69, 9.17) is 10.5 Å². The van der Waals surface area contributed by atoms with Gasteiger partial charge in [0.1, 0.15) is 17.9 Å². The van der Waals surface area contributed by atoms with Crippen LogP contribution in [0.25, 0.3) is 0 Å². The average Bonchev–Trinajstić information content (AvgIpc) is 3.61. The molecule has 0 aliphatic carbocycles. The van der Waals surface area contributed by atoms with Gasteiger partial charge in [0.25, 0.3) is 5.91 Å². The minimum atomic E-state index is -1.21. The number of hydrogen-bond donors (Lipinski definition) is 3. The molecule has 40 heavy (non-hydrogen) atoms. The molecule has 0 bridgehead atoms. The second-order valence-corrected chi connectivity index (χ2v) is 10.4. The Morgan fingerprint density at radius 1 is 1.10 bits per heavy atom. The van der Waals surface area contributed by atoms with E-state index in [-0.39, 0.29) is 24.9 Å². The normalized spacial score (nSPS) is 14.9. The van der Waals surface area contributed by atoms with Crippen molar-refractivity contribution < 1.29 is 23.5 Å². The monoisotopic (exact) mass is 550 g/mol. The molecule has 11 heteroatoms. The Kier molecular flexibility index (Phi) is 9.28. The van der Waals surface area contributed by atoms with Gasteiger partial charge in [-0.2, -0.15) is 0 Å². The molecule has 1 saturated heterocycles. The van der Waals surface area contributed by atoms with E-state index in [1.807, 2.05) is 30.3 Å². The molecule has 1 aromatic heterocycles. The molecule has 10 nitrogen and oxygen atoms in total. The van der Waals surface area contributed by atoms with E-state index in [0.29, 0.717) is 18.7 Å². The van der Waals surface area contributed by atoms with Crippen molar-refractivity contribution in [3.8, 4) is 0 Å². The summed E-state index contributed by atoms with van der Waals surface area (Å²) in [4.78, 5) is 45.3. The zero-order valence-electron chi connectivity index (χ0n) is 22.7. The van der Waals surface area contributed by atoms with Gasteiger partial charge in [-0.25, -0.2) is 9.37 Å². The lowest BCUT2D eigenvalue weighted by Gasteiger charge is -2.24. The molecule has 1 unspecified atom stereocenters. The Morgan fingerprint density at radius 3 is 2.50 bits per heavy atom. The molecule has 3 aromatic rings. The van der Waals surface area contributed by atoms with Crippen molar-refractivity contribution in [3.05, 3.63) is 84.1 Å². The highest BCUT2D eigenvalue weighted by Crippen LogP contribution is 2.25. The van der Waals surface area contributed by atoms with Crippen LogP contribution in [0.5, 0.6) is 0 Å². The van der Waals surface area contributed by atoms with Crippen molar-refractivity contribution in [2.24, 2.45) is 5.73 Å². The Hall–Kier alpha value is -4.09. The third-order valence-corrected chi connectivity index (χ3v) is 6.57. The topological polar surface area (TPSA) is 132 Å². The average molecular weight is 551 g/mol. The minimum Gasteiger partial charge on any atom is -0.374 e. The number of ether oxygens (including phenoxy) is 1. The second-order valence-electron chi connectivity index (χ2n) is 10.4. The van der Waals surface area contributed by atoms with Crippen molar-refractivity contribution in [2.75, 3.05) is 25.0 Å². The first-order valence-electron chi connectivity index (χ1n) is 13.2. The van der Waals surface area contributed by atoms with E-state index in [1.165, 1.54) is 38.5 Å². The van der Waals surface area contributed by atoms with Crippen LogP contribution in [0.2, 0.25) is 0 Å². The quantitative estimate of drug-likeness (QED) is 0.336. The lowest BCUT2D eigenvalue weighted by atomic mass is 10.1. The van der Waals surface area contributed by atoms with Crippen LogP contribution in [-0.4, -0.2) is 63.4 Å². The highest BCUT2D eigenvalue weighted by atomic mass is 19.1. The molecule has 4 rings (SSSR count). The molecule has 2 aromatic carbocycles. The number of imidazole rings is 1. The summed E-state index contributed by atoms with van der Waals surface area (Å²) in [5.41, 5.74) is 6.09. The van der Waals surface area contributed by atoms with Crippen LogP contribution in [0, 0.1) is 5.82 Å². The SMILES string of the molecule is CC(C)(N)C(=O)N[C@H](COCc1ccccc1)C(=O)Nc1cn(C(C(=O)N2CCCC2)c2cccc(F)c2)cn1. The molecule has 4 N–H and O–H groups in total. The van der Waals surface area contributed by atoms with Gasteiger partial charge in [-0.15, -0.1) is 0 Å². The standard InChI is InChI=1S/C29H35FN6O4/c1-29(2,31)28(39)33-23(18-40-17-20-9-4-3-5-10-20)26(37)34-24-16-36(19-32-24)25(21-11-8-12-22(30)15-21)27(38)35-13-6-7-14-35/h3-5,8-12,15-16,19,23,25H,6-7,13-14,17-18,31H2,1-2H3,(H,33,39)(H,34,37)/t23-,25?/m1/s1. The van der Waals surface area contributed by atoms with Crippen molar-refractivity contribution in [3.63, 3.8) is 0 Å². The van der Waals surface area contributed by atoms with Crippen LogP contribution in [0.4, 0.5) is 10.2 Å². The number of halogens is 1. The molecule has 2 heterocycles. The van der Waals surface area contributed by atoms with Gasteiger partial charge in [0, 0.05) is 19.3 Å². The van der Waals surface area contributed by atoms with Gasteiger partial charge in [0.05, 0.1) is 25.1 Å². The van der Waals surface area contributed by atoms with Crippen molar-refractivity contribution >= 4 is 23.5 Å². The molecule has 3 amide bonds. The number of likely N-dealkylation sites (tertiary alicyclic amines) is 1. The molecule has 2 atom stereocenters. The van der Waals surface area contributed by atoms with Crippen LogP contribution in [-0.2, 0) is 25.7 Å². The number of aromatic nitrogens is 2. The van der Waals surface area contributed by atoms with E-state index < -0.39 is 35.3 Å². The number of hydrogen-bond acceptors (Lipinski definition) is 6. The van der Waals surface area contributed by atoms with Gasteiger partial charge in [-0.3, -0.25) is 14.4 Å². The molecule has 1 aliphatic rings. The molecule has 0 spiro atoms. The van der Waals surface area contributed by atoms with Gasteiger partial charge in [-0.05, 0) is 49.9 Å². The van der Waals surface area contributed by atoms with E-state index in [1.54, 1.807) is 21.6 Å². The molecule has 0 radical (unpaired) electrons. The van der Waals surface area contributed by atoms with Crippen LogP contribution in [0.3, 0.4) is 0 Å². The fourth-order valence-electron chi connectivity index (χ4n) is 4.38. The summed E-state index contributed by atoms with van der Waals surface area (Å²) in [6, 6.07) is 13.4. The number of anilines is 1. The van der Waals surface area contributed by atoms with E-state index in [9.17, 15) is 18.8 Å². The summed E-state index contributed by atoms with van der Waals surface area (Å²) < 4.78 is 21.4. The Balaban J connectivity index is 1.50. The van der Waals surface area contributed by atoms with Crippen LogP contribution >= 0.6 is 0 Å². The van der Waals surface area contributed by atoms with Crippen LogP contribution < -0.4 is 16.4 Å². The summed E-state index contributed by atoms with van der Waals surface area (Å²) in [5.74, 6) is -1.56. The number of carbonyl (C=O) groups excluding carboxylic acids is 3. The first kappa shape index (κ1) is 28.9. The summed E-state index contributed by atoms with van der Waals surface area (Å²) in [6.07, 6.45) is 4.75. The number of nitrogens with one attached hydrogen (secondary N) is 2. The Bertz CT molecular complexity index is 1320. The predicted octanol–water partition coefficient (Wildman–Crippen LogP) is 2.61. The molecular formula is C29H35FN6O4. The van der Waals surface area contributed by atoms with Crippen molar-refractivity contribution in [1.82, 2.24) is 19.8 Å². The third-order valence-electron chi connectivity index (χ3n) is 6.57. The van der Waals surface area contributed by atoms with Crippen molar-refractivity contribution in [2.45, 2.75) is 50.9 Å². The molecule has 1 aliphatic heterocycles. The number of nitrogens with two attached hydrogens (primary N) is 1. The summed E-state index contributed by atoms with van der Waals surface area (Å²) in [7, 11) is 0. The van der Waals surface area contributed by atoms with Gasteiger partial charge >= 0.3 is 0 Å². The number of amides is 3. The molecule has 1 fully saturated rings. The number of nitrogens with zero attached hydrogens (tertiary/aromatic N) is 3. The summed E-state index contributed by atoms with van der Waals surface area (Å²) in [6.45, 7) is 4.47. The lowest BCUT2D eigenvalue weighted by Crippen LogP contribution is -2.56. The highest BCUT2D eigenvalue weighted by Gasteiger charge is 2.31. The fraction of sp³-hybridized carbons (Fsp3) is 0.379. The minimum absolute atomic E-state index is 0.109. The van der Waals surface area contributed by atoms with Gasteiger partial charge < -0.3 is 30.6 Å². The first-order chi connectivity index (χ1) is 19.1. The second kappa shape index (κ2) is 12.8. The summed E-state index contributed by atoms with van der Waals surface area (Å²) >= 11 is 0. The molecule has 212 valence electrons. The third kappa shape index (κ3) is 7.51. The number of carbonyl (C=O) groups is 3. The molecular weight excluding hydrogens is 515 g/mol.